The van der Waals surface area contributed by atoms with Crippen LogP contribution in [0.4, 0.5) is 0 Å². The van der Waals surface area contributed by atoms with Crippen molar-refractivity contribution in [2.45, 2.75) is 45.7 Å². The summed E-state index contributed by atoms with van der Waals surface area (Å²) in [5, 5.41) is 11.5. The molecule has 0 saturated heterocycles. The predicted octanol–water partition coefficient (Wildman–Crippen LogP) is 1.36. The molecule has 0 spiro atoms. The van der Waals surface area contributed by atoms with E-state index in [2.05, 4.69) is 46.6 Å². The lowest BCUT2D eigenvalue weighted by molar-refractivity contribution is -0.121. The van der Waals surface area contributed by atoms with E-state index in [0.29, 0.717) is 18.1 Å². The Morgan fingerprint density at radius 1 is 1.50 bits per heavy atom. The first-order chi connectivity index (χ1) is 8.63. The number of nitrogens with zero attached hydrogens (tertiary/aromatic N) is 3. The number of hydrogen-bond donors (Lipinski definition) is 2. The monoisotopic (exact) mass is 268 g/mol. The van der Waals surface area contributed by atoms with E-state index in [0.717, 1.165) is 31.0 Å². The first-order valence-electron chi connectivity index (χ1n) is 6.45. The zero-order chi connectivity index (χ0) is 13.1. The maximum Gasteiger partial charge on any atom is 0.221 e. The minimum atomic E-state index is -0.0586. The Morgan fingerprint density at radius 3 is 2.94 bits per heavy atom. The van der Waals surface area contributed by atoms with E-state index in [1.54, 1.807) is 0 Å². The van der Waals surface area contributed by atoms with Gasteiger partial charge in [0.15, 0.2) is 5.82 Å². The van der Waals surface area contributed by atoms with Crippen LogP contribution in [-0.2, 0) is 17.8 Å². The largest absolute Gasteiger partial charge is 0.346 e. The molecule has 2 heterocycles. The third-order valence-electron chi connectivity index (χ3n) is 3.24. The van der Waals surface area contributed by atoms with Gasteiger partial charge in [0.25, 0.3) is 0 Å². The molecule has 1 aromatic heterocycles. The molecule has 1 aliphatic rings. The van der Waals surface area contributed by atoms with Crippen LogP contribution in [0.5, 0.6) is 0 Å². The molecule has 0 aromatic carbocycles. The number of aryl methyl sites for hydroxylation is 1. The molecule has 6 heteroatoms. The van der Waals surface area contributed by atoms with E-state index in [1.807, 2.05) is 0 Å². The number of thiol groups is 1. The predicted molar refractivity (Wildman–Crippen MR) is 72.5 cm³/mol. The second-order valence-corrected chi connectivity index (χ2v) is 5.44. The lowest BCUT2D eigenvalue weighted by atomic mass is 10.0. The fourth-order valence-corrected chi connectivity index (χ4v) is 2.48. The smallest absolute Gasteiger partial charge is 0.221 e. The first kappa shape index (κ1) is 13.4. The highest BCUT2D eigenvalue weighted by atomic mass is 32.1. The molecule has 18 heavy (non-hydrogen) atoms. The average Bonchev–Trinajstić information content (AvgIpc) is 2.88. The summed E-state index contributed by atoms with van der Waals surface area (Å²) in [4.78, 5) is 11.7. The molecule has 0 fully saturated rings. The van der Waals surface area contributed by atoms with Crippen LogP contribution >= 0.6 is 12.6 Å². The Hall–Kier alpha value is -1.04. The van der Waals surface area contributed by atoms with Gasteiger partial charge in [-0.1, -0.05) is 13.8 Å². The zero-order valence-corrected chi connectivity index (χ0v) is 11.8. The summed E-state index contributed by atoms with van der Waals surface area (Å²) >= 11 is 4.08. The third kappa shape index (κ3) is 2.68. The molecule has 1 aliphatic heterocycles. The highest BCUT2D eigenvalue weighted by Crippen LogP contribution is 2.24. The lowest BCUT2D eigenvalue weighted by Gasteiger charge is -2.21. The molecular weight excluding hydrogens is 248 g/mol. The highest BCUT2D eigenvalue weighted by molar-refractivity contribution is 7.80. The molecule has 1 N–H and O–H groups in total. The maximum absolute atomic E-state index is 11.7. The molecule has 5 nitrogen and oxygen atoms in total. The number of rotatable bonds is 5. The van der Waals surface area contributed by atoms with Crippen LogP contribution in [0.1, 0.15) is 44.4 Å². The van der Waals surface area contributed by atoms with E-state index in [-0.39, 0.29) is 11.9 Å². The summed E-state index contributed by atoms with van der Waals surface area (Å²) in [5.74, 6) is 2.82. The van der Waals surface area contributed by atoms with Gasteiger partial charge in [-0.25, -0.2) is 0 Å². The Bertz CT molecular complexity index is 430. The maximum atomic E-state index is 11.7. The fraction of sp³-hybridized carbons (Fsp3) is 0.750. The Morgan fingerprint density at radius 2 is 2.28 bits per heavy atom. The van der Waals surface area contributed by atoms with Crippen LogP contribution in [0, 0.1) is 5.92 Å². The van der Waals surface area contributed by atoms with Gasteiger partial charge in [-0.15, -0.1) is 10.2 Å². The second kappa shape index (κ2) is 5.73. The molecule has 0 radical (unpaired) electrons. The van der Waals surface area contributed by atoms with Gasteiger partial charge in [0.2, 0.25) is 5.91 Å². The van der Waals surface area contributed by atoms with Gasteiger partial charge >= 0.3 is 0 Å². The molecule has 100 valence electrons. The van der Waals surface area contributed by atoms with Gasteiger partial charge in [0, 0.05) is 19.4 Å². The van der Waals surface area contributed by atoms with Crippen LogP contribution < -0.4 is 5.32 Å². The highest BCUT2D eigenvalue weighted by Gasteiger charge is 2.27. The Balaban J connectivity index is 2.17. The van der Waals surface area contributed by atoms with Gasteiger partial charge in [-0.3, -0.25) is 4.79 Å². The van der Waals surface area contributed by atoms with Crippen molar-refractivity contribution < 1.29 is 4.79 Å². The van der Waals surface area contributed by atoms with E-state index in [1.165, 1.54) is 0 Å². The number of carbonyl (C=O) groups is 1. The van der Waals surface area contributed by atoms with Crippen LogP contribution in [0.25, 0.3) is 0 Å². The quantitative estimate of drug-likeness (QED) is 0.793. The number of aromatic nitrogens is 3. The molecule has 0 bridgehead atoms. The molecule has 0 aliphatic carbocycles. The van der Waals surface area contributed by atoms with Crippen LogP contribution in [0.15, 0.2) is 0 Å². The second-order valence-electron chi connectivity index (χ2n) is 4.99. The number of hydrogen-bond acceptors (Lipinski definition) is 4. The summed E-state index contributed by atoms with van der Waals surface area (Å²) in [7, 11) is 0. The first-order valence-corrected chi connectivity index (χ1v) is 7.09. The van der Waals surface area contributed by atoms with E-state index >= 15 is 0 Å². The number of nitrogens with one attached hydrogen (secondary N) is 1. The number of amides is 1. The summed E-state index contributed by atoms with van der Waals surface area (Å²) in [6.07, 6.45) is 2.54. The molecule has 1 amide bonds. The standard InChI is InChI=1S/C12H20N4OS/c1-8(2)11(13-10(17)5-7-18)12-15-14-9-4-3-6-16(9)12/h8,11,18H,3-7H2,1-2H3,(H,13,17). The number of carbonyl (C=O) groups excluding carboxylic acids is 1. The van der Waals surface area contributed by atoms with Crippen LogP contribution in [0.2, 0.25) is 0 Å². The minimum Gasteiger partial charge on any atom is -0.346 e. The third-order valence-corrected chi connectivity index (χ3v) is 3.46. The van der Waals surface area contributed by atoms with Gasteiger partial charge < -0.3 is 9.88 Å². The Labute approximate surface area is 113 Å². The van der Waals surface area contributed by atoms with Gasteiger partial charge in [-0.05, 0) is 18.1 Å². The molecule has 2 rings (SSSR count). The summed E-state index contributed by atoms with van der Waals surface area (Å²) < 4.78 is 2.14. The van der Waals surface area contributed by atoms with Crippen molar-refractivity contribution in [1.82, 2.24) is 20.1 Å². The molecule has 1 atom stereocenters. The SMILES string of the molecule is CC(C)C(NC(=O)CCS)c1nnc2n1CCC2. The van der Waals surface area contributed by atoms with Crippen molar-refractivity contribution >= 4 is 18.5 Å². The van der Waals surface area contributed by atoms with E-state index in [9.17, 15) is 4.79 Å². The van der Waals surface area contributed by atoms with Gasteiger partial charge in [-0.2, -0.15) is 12.6 Å². The van der Waals surface area contributed by atoms with Crippen molar-refractivity contribution in [1.29, 1.82) is 0 Å². The topological polar surface area (TPSA) is 59.8 Å². The van der Waals surface area contributed by atoms with Crippen molar-refractivity contribution in [2.24, 2.45) is 5.92 Å². The van der Waals surface area contributed by atoms with Crippen molar-refractivity contribution in [2.75, 3.05) is 5.75 Å². The van der Waals surface area contributed by atoms with Crippen molar-refractivity contribution in [3.05, 3.63) is 11.6 Å². The Kier molecular flexibility index (Phi) is 4.27. The average molecular weight is 268 g/mol. The molecule has 1 aromatic rings. The van der Waals surface area contributed by atoms with Gasteiger partial charge in [0.1, 0.15) is 5.82 Å². The normalized spacial score (nSPS) is 15.8. The summed E-state index contributed by atoms with van der Waals surface area (Å²) in [5.41, 5.74) is 0. The summed E-state index contributed by atoms with van der Waals surface area (Å²) in [6.45, 7) is 5.13. The molecule has 0 saturated carbocycles. The minimum absolute atomic E-state index is 0.0269. The number of fused-ring (bicyclic) bond motifs is 1. The van der Waals surface area contributed by atoms with Crippen LogP contribution in [-0.4, -0.2) is 26.4 Å². The van der Waals surface area contributed by atoms with Gasteiger partial charge in [0.05, 0.1) is 6.04 Å². The molecular formula is C12H20N4OS. The summed E-state index contributed by atoms with van der Waals surface area (Å²) in [6, 6.07) is -0.0586. The zero-order valence-electron chi connectivity index (χ0n) is 10.9. The lowest BCUT2D eigenvalue weighted by Crippen LogP contribution is -2.33. The molecule has 1 unspecified atom stereocenters. The van der Waals surface area contributed by atoms with E-state index < -0.39 is 0 Å². The fourth-order valence-electron chi connectivity index (χ4n) is 2.28. The van der Waals surface area contributed by atoms with Crippen LogP contribution in [0.3, 0.4) is 0 Å². The van der Waals surface area contributed by atoms with E-state index in [4.69, 9.17) is 0 Å². The van der Waals surface area contributed by atoms with Crippen molar-refractivity contribution in [3.63, 3.8) is 0 Å². The van der Waals surface area contributed by atoms with Crippen molar-refractivity contribution in [3.8, 4) is 0 Å².